The number of esters is 1. The van der Waals surface area contributed by atoms with Gasteiger partial charge in [0, 0.05) is 5.69 Å². The van der Waals surface area contributed by atoms with Crippen LogP contribution in [0.25, 0.3) is 0 Å². The average molecular weight is 336 g/mol. The number of ether oxygens (including phenoxy) is 2. The zero-order valence-corrected chi connectivity index (χ0v) is 14.7. The number of aryl methyl sites for hydroxylation is 1. The highest BCUT2D eigenvalue weighted by Crippen LogP contribution is 2.17. The molecule has 0 bridgehead atoms. The van der Waals surface area contributed by atoms with Crippen molar-refractivity contribution in [1.29, 1.82) is 0 Å². The molecule has 0 radical (unpaired) electrons. The second kappa shape index (κ2) is 7.81. The largest absolute Gasteiger partial charge is 0.467 e. The lowest BCUT2D eigenvalue weighted by Gasteiger charge is -2.21. The van der Waals surface area contributed by atoms with Crippen molar-refractivity contribution in [3.8, 4) is 0 Å². The highest BCUT2D eigenvalue weighted by molar-refractivity contribution is 5.84. The molecule has 0 aliphatic carbocycles. The number of pyridine rings is 1. The standard InChI is InChI=1S/C17H24N2O5/c1-7-8-13(15(21)23-6)19-11(2)9-10-12(14(19)20)18-16(22)24-17(3,4)5/h7,9-10,13H,1,8H2,2-6H3,(H,18,22)/t13-/m0/s1. The van der Waals surface area contributed by atoms with Gasteiger partial charge in [0.05, 0.1) is 7.11 Å². The number of anilines is 1. The highest BCUT2D eigenvalue weighted by Gasteiger charge is 2.24. The van der Waals surface area contributed by atoms with Gasteiger partial charge in [-0.2, -0.15) is 0 Å². The Kier molecular flexibility index (Phi) is 6.34. The smallest absolute Gasteiger partial charge is 0.412 e. The van der Waals surface area contributed by atoms with Crippen LogP contribution < -0.4 is 10.9 Å². The summed E-state index contributed by atoms with van der Waals surface area (Å²) in [5, 5.41) is 2.42. The first-order valence-corrected chi connectivity index (χ1v) is 7.51. The van der Waals surface area contributed by atoms with E-state index in [1.165, 1.54) is 23.8 Å². The number of carbonyl (C=O) groups is 2. The number of allylic oxidation sites excluding steroid dienone is 1. The lowest BCUT2D eigenvalue weighted by molar-refractivity contribution is -0.144. The third-order valence-corrected chi connectivity index (χ3v) is 3.13. The monoisotopic (exact) mass is 336 g/mol. The fourth-order valence-electron chi connectivity index (χ4n) is 2.14. The number of nitrogens with zero attached hydrogens (tertiary/aromatic N) is 1. The summed E-state index contributed by atoms with van der Waals surface area (Å²) >= 11 is 0. The SMILES string of the molecule is C=CC[C@@H](C(=O)OC)n1c(C)ccc(NC(=O)OC(C)(C)C)c1=O. The van der Waals surface area contributed by atoms with Crippen LogP contribution in [0.1, 0.15) is 38.9 Å². The Morgan fingerprint density at radius 3 is 2.50 bits per heavy atom. The van der Waals surface area contributed by atoms with Gasteiger partial charge in [-0.3, -0.25) is 14.7 Å². The van der Waals surface area contributed by atoms with Crippen molar-refractivity contribution in [2.75, 3.05) is 12.4 Å². The molecule has 0 unspecified atom stereocenters. The molecule has 24 heavy (non-hydrogen) atoms. The Balaban J connectivity index is 3.24. The quantitative estimate of drug-likeness (QED) is 0.660. The Morgan fingerprint density at radius 1 is 1.38 bits per heavy atom. The molecule has 0 aliphatic heterocycles. The molecule has 1 aromatic heterocycles. The summed E-state index contributed by atoms with van der Waals surface area (Å²) in [7, 11) is 1.25. The van der Waals surface area contributed by atoms with Crippen LogP contribution in [0.3, 0.4) is 0 Å². The number of carbonyl (C=O) groups excluding carboxylic acids is 2. The maximum absolute atomic E-state index is 12.7. The molecule has 7 heteroatoms. The van der Waals surface area contributed by atoms with E-state index in [1.807, 2.05) is 0 Å². The van der Waals surface area contributed by atoms with E-state index in [0.29, 0.717) is 5.69 Å². The first-order valence-electron chi connectivity index (χ1n) is 7.51. The van der Waals surface area contributed by atoms with Crippen LogP contribution in [0.2, 0.25) is 0 Å². The third-order valence-electron chi connectivity index (χ3n) is 3.13. The number of methoxy groups -OCH3 is 1. The second-order valence-corrected chi connectivity index (χ2v) is 6.25. The summed E-state index contributed by atoms with van der Waals surface area (Å²) in [6.07, 6.45) is 1.01. The van der Waals surface area contributed by atoms with Crippen LogP contribution in [0.5, 0.6) is 0 Å². The van der Waals surface area contributed by atoms with E-state index in [0.717, 1.165) is 0 Å². The molecule has 1 atom stereocenters. The van der Waals surface area contributed by atoms with Gasteiger partial charge in [-0.05, 0) is 46.2 Å². The summed E-state index contributed by atoms with van der Waals surface area (Å²) in [5.74, 6) is -0.561. The minimum absolute atomic E-state index is 0.0211. The van der Waals surface area contributed by atoms with E-state index < -0.39 is 29.3 Å². The zero-order chi connectivity index (χ0) is 18.5. The zero-order valence-electron chi connectivity index (χ0n) is 14.7. The highest BCUT2D eigenvalue weighted by atomic mass is 16.6. The van der Waals surface area contributed by atoms with Crippen LogP contribution in [0, 0.1) is 6.92 Å². The van der Waals surface area contributed by atoms with Crippen LogP contribution in [-0.4, -0.2) is 29.3 Å². The first kappa shape index (κ1) is 19.5. The predicted octanol–water partition coefficient (Wildman–Crippen LogP) is 2.79. The fraction of sp³-hybridized carbons (Fsp3) is 0.471. The molecule has 1 heterocycles. The predicted molar refractivity (Wildman–Crippen MR) is 91.2 cm³/mol. The minimum atomic E-state index is -0.847. The van der Waals surface area contributed by atoms with Crippen LogP contribution in [0.15, 0.2) is 29.6 Å². The number of rotatable bonds is 5. The Hall–Kier alpha value is -2.57. The van der Waals surface area contributed by atoms with Crippen molar-refractivity contribution in [1.82, 2.24) is 4.57 Å². The van der Waals surface area contributed by atoms with Crippen molar-refractivity contribution in [3.05, 3.63) is 40.8 Å². The van der Waals surface area contributed by atoms with Gasteiger partial charge in [0.25, 0.3) is 5.56 Å². The van der Waals surface area contributed by atoms with Crippen molar-refractivity contribution in [2.45, 2.75) is 45.8 Å². The molecule has 132 valence electrons. The topological polar surface area (TPSA) is 86.6 Å². The van der Waals surface area contributed by atoms with Gasteiger partial charge >= 0.3 is 12.1 Å². The van der Waals surface area contributed by atoms with E-state index in [9.17, 15) is 14.4 Å². The lowest BCUT2D eigenvalue weighted by Crippen LogP contribution is -2.35. The van der Waals surface area contributed by atoms with E-state index in [4.69, 9.17) is 9.47 Å². The summed E-state index contributed by atoms with van der Waals surface area (Å²) in [6, 6.07) is 2.26. The molecule has 0 saturated carbocycles. The summed E-state index contributed by atoms with van der Waals surface area (Å²) in [6.45, 7) is 10.5. The number of amides is 1. The van der Waals surface area contributed by atoms with Gasteiger partial charge in [0.2, 0.25) is 0 Å². The molecule has 0 saturated heterocycles. The van der Waals surface area contributed by atoms with E-state index in [-0.39, 0.29) is 12.1 Å². The number of nitrogens with one attached hydrogen (secondary N) is 1. The molecule has 1 aromatic rings. The summed E-state index contributed by atoms with van der Waals surface area (Å²) in [4.78, 5) is 36.5. The molecule has 0 fully saturated rings. The summed E-state index contributed by atoms with van der Waals surface area (Å²) in [5.41, 5.74) is -0.622. The molecule has 1 amide bonds. The average Bonchev–Trinajstić information content (AvgIpc) is 2.46. The first-order chi connectivity index (χ1) is 11.1. The number of aromatic nitrogens is 1. The van der Waals surface area contributed by atoms with Gasteiger partial charge in [0.1, 0.15) is 17.3 Å². The van der Waals surface area contributed by atoms with E-state index >= 15 is 0 Å². The van der Waals surface area contributed by atoms with Crippen LogP contribution in [0.4, 0.5) is 10.5 Å². The van der Waals surface area contributed by atoms with Crippen molar-refractivity contribution in [2.24, 2.45) is 0 Å². The van der Waals surface area contributed by atoms with Gasteiger partial charge < -0.3 is 9.47 Å². The minimum Gasteiger partial charge on any atom is -0.467 e. The van der Waals surface area contributed by atoms with Crippen molar-refractivity contribution >= 4 is 17.7 Å². The lowest BCUT2D eigenvalue weighted by atomic mass is 10.1. The summed E-state index contributed by atoms with van der Waals surface area (Å²) < 4.78 is 11.2. The molecule has 7 nitrogen and oxygen atoms in total. The Bertz CT molecular complexity index is 685. The third kappa shape index (κ3) is 4.97. The molecule has 1 N–H and O–H groups in total. The van der Waals surface area contributed by atoms with Gasteiger partial charge in [-0.1, -0.05) is 6.08 Å². The van der Waals surface area contributed by atoms with E-state index in [1.54, 1.807) is 33.8 Å². The van der Waals surface area contributed by atoms with Crippen LogP contribution >= 0.6 is 0 Å². The van der Waals surface area contributed by atoms with Crippen molar-refractivity contribution in [3.63, 3.8) is 0 Å². The van der Waals surface area contributed by atoms with Gasteiger partial charge in [-0.25, -0.2) is 9.59 Å². The fourth-order valence-corrected chi connectivity index (χ4v) is 2.14. The molecule has 1 rings (SSSR count). The Morgan fingerprint density at radius 2 is 2.00 bits per heavy atom. The molecule has 0 spiro atoms. The molecule has 0 aliphatic rings. The Labute approximate surface area is 141 Å². The maximum Gasteiger partial charge on any atom is 0.412 e. The molecular formula is C17H24N2O5. The normalized spacial score (nSPS) is 12.2. The second-order valence-electron chi connectivity index (χ2n) is 6.25. The van der Waals surface area contributed by atoms with Gasteiger partial charge in [0.15, 0.2) is 0 Å². The van der Waals surface area contributed by atoms with Gasteiger partial charge in [-0.15, -0.1) is 6.58 Å². The van der Waals surface area contributed by atoms with Crippen LogP contribution in [-0.2, 0) is 14.3 Å². The molecular weight excluding hydrogens is 312 g/mol. The van der Waals surface area contributed by atoms with E-state index in [2.05, 4.69) is 11.9 Å². The van der Waals surface area contributed by atoms with Crippen molar-refractivity contribution < 1.29 is 19.1 Å². The molecule has 0 aromatic carbocycles. The number of hydrogen-bond acceptors (Lipinski definition) is 5. The maximum atomic E-state index is 12.7. The number of hydrogen-bond donors (Lipinski definition) is 1.